The number of carbonyl (C=O) groups is 1. The van der Waals surface area contributed by atoms with Crippen molar-refractivity contribution in [3.05, 3.63) is 47.1 Å². The number of nitrogens with one attached hydrogen (secondary N) is 1. The maximum Gasteiger partial charge on any atom is 0.253 e. The van der Waals surface area contributed by atoms with Gasteiger partial charge in [-0.25, -0.2) is 0 Å². The number of benzene rings is 1. The predicted octanol–water partition coefficient (Wildman–Crippen LogP) is 1.89. The van der Waals surface area contributed by atoms with Gasteiger partial charge in [0.2, 0.25) is 5.91 Å². The number of hydrogen-bond acceptors (Lipinski definition) is 6. The highest BCUT2D eigenvalue weighted by Gasteiger charge is 2.45. The predicted molar refractivity (Wildman–Crippen MR) is 95.5 cm³/mol. The first kappa shape index (κ1) is 16.8. The topological polar surface area (TPSA) is 80.5 Å². The van der Waals surface area contributed by atoms with Crippen molar-refractivity contribution in [1.29, 1.82) is 0 Å². The van der Waals surface area contributed by atoms with Gasteiger partial charge in [-0.2, -0.15) is 4.98 Å². The first-order valence-electron chi connectivity index (χ1n) is 8.77. The Hall–Kier alpha value is -2.67. The van der Waals surface area contributed by atoms with Crippen molar-refractivity contribution in [2.75, 3.05) is 26.2 Å². The van der Waals surface area contributed by atoms with E-state index < -0.39 is 5.54 Å². The van der Waals surface area contributed by atoms with Gasteiger partial charge < -0.3 is 14.6 Å². The van der Waals surface area contributed by atoms with E-state index in [0.29, 0.717) is 24.9 Å². The molecule has 1 aromatic heterocycles. The van der Waals surface area contributed by atoms with Gasteiger partial charge >= 0.3 is 0 Å². The molecule has 3 heterocycles. The van der Waals surface area contributed by atoms with E-state index in [9.17, 15) is 4.79 Å². The molecule has 2 aromatic rings. The highest BCUT2D eigenvalue weighted by molar-refractivity contribution is 5.74. The minimum Gasteiger partial charge on any atom is -0.489 e. The molecule has 2 aliphatic heterocycles. The summed E-state index contributed by atoms with van der Waals surface area (Å²) >= 11 is 0. The molecule has 1 unspecified atom stereocenters. The zero-order chi connectivity index (χ0) is 18.1. The van der Waals surface area contributed by atoms with Gasteiger partial charge in [0.15, 0.2) is 5.82 Å². The second-order valence-electron chi connectivity index (χ2n) is 7.00. The molecule has 2 aliphatic rings. The van der Waals surface area contributed by atoms with E-state index >= 15 is 0 Å². The van der Waals surface area contributed by atoms with E-state index in [4.69, 9.17) is 9.26 Å². The number of aromatic nitrogens is 2. The van der Waals surface area contributed by atoms with Crippen LogP contribution in [0.4, 0.5) is 0 Å². The van der Waals surface area contributed by atoms with Gasteiger partial charge in [0.05, 0.1) is 0 Å². The SMILES string of the molecule is CC(=O)NC1(c2nc(C)no2)CCN(CC2=Cc3ccccc3OC2)C1. The number of carbonyl (C=O) groups excluding carboxylic acids is 1. The summed E-state index contributed by atoms with van der Waals surface area (Å²) in [5.41, 5.74) is 1.69. The van der Waals surface area contributed by atoms with Crippen molar-refractivity contribution in [3.63, 3.8) is 0 Å². The van der Waals surface area contributed by atoms with E-state index in [-0.39, 0.29) is 5.91 Å². The Labute approximate surface area is 152 Å². The zero-order valence-electron chi connectivity index (χ0n) is 15.0. The van der Waals surface area contributed by atoms with Crippen LogP contribution in [-0.4, -0.2) is 47.2 Å². The van der Waals surface area contributed by atoms with E-state index in [2.05, 4.69) is 32.5 Å². The van der Waals surface area contributed by atoms with Crippen molar-refractivity contribution in [3.8, 4) is 5.75 Å². The number of hydrogen-bond donors (Lipinski definition) is 1. The second-order valence-corrected chi connectivity index (χ2v) is 7.00. The lowest BCUT2D eigenvalue weighted by Gasteiger charge is -2.27. The average Bonchev–Trinajstić information content (AvgIpc) is 3.22. The number of nitrogens with zero attached hydrogens (tertiary/aromatic N) is 3. The fraction of sp³-hybridized carbons (Fsp3) is 0.421. The Bertz CT molecular complexity index is 860. The van der Waals surface area contributed by atoms with Crippen LogP contribution in [0.15, 0.2) is 34.4 Å². The second kappa shape index (κ2) is 6.57. The number of ether oxygens (including phenoxy) is 1. The molecule has 1 N–H and O–H groups in total. The molecular weight excluding hydrogens is 332 g/mol. The van der Waals surface area contributed by atoms with Crippen LogP contribution in [0.1, 0.15) is 30.6 Å². The summed E-state index contributed by atoms with van der Waals surface area (Å²) in [6.07, 6.45) is 2.92. The molecular formula is C19H22N4O3. The highest BCUT2D eigenvalue weighted by atomic mass is 16.5. The molecule has 136 valence electrons. The first-order chi connectivity index (χ1) is 12.5. The van der Waals surface area contributed by atoms with Crippen molar-refractivity contribution in [2.24, 2.45) is 0 Å². The number of likely N-dealkylation sites (tertiary alicyclic amines) is 1. The summed E-state index contributed by atoms with van der Waals surface area (Å²) in [6.45, 7) is 6.13. The Morgan fingerprint density at radius 3 is 3.00 bits per heavy atom. The molecule has 1 amide bonds. The first-order valence-corrected chi connectivity index (χ1v) is 8.77. The van der Waals surface area contributed by atoms with Crippen LogP contribution < -0.4 is 10.1 Å². The quantitative estimate of drug-likeness (QED) is 0.903. The van der Waals surface area contributed by atoms with Gasteiger partial charge in [0.1, 0.15) is 17.9 Å². The maximum atomic E-state index is 11.8. The third-order valence-corrected chi connectivity index (χ3v) is 4.82. The highest BCUT2D eigenvalue weighted by Crippen LogP contribution is 2.33. The summed E-state index contributed by atoms with van der Waals surface area (Å²) in [6, 6.07) is 8.03. The molecule has 7 nitrogen and oxygen atoms in total. The average molecular weight is 354 g/mol. The van der Waals surface area contributed by atoms with Crippen molar-refractivity contribution < 1.29 is 14.1 Å². The minimum absolute atomic E-state index is 0.100. The molecule has 0 aliphatic carbocycles. The van der Waals surface area contributed by atoms with E-state index in [1.54, 1.807) is 6.92 Å². The van der Waals surface area contributed by atoms with Gasteiger partial charge in [0.25, 0.3) is 5.89 Å². The molecule has 0 spiro atoms. The lowest BCUT2D eigenvalue weighted by molar-refractivity contribution is -0.121. The van der Waals surface area contributed by atoms with Crippen LogP contribution in [0.2, 0.25) is 0 Å². The molecule has 7 heteroatoms. The van der Waals surface area contributed by atoms with E-state index in [0.717, 1.165) is 30.8 Å². The minimum atomic E-state index is -0.624. The molecule has 4 rings (SSSR count). The molecule has 1 atom stereocenters. The van der Waals surface area contributed by atoms with Gasteiger partial charge in [-0.3, -0.25) is 9.69 Å². The van der Waals surface area contributed by atoms with E-state index in [1.165, 1.54) is 12.5 Å². The molecule has 1 saturated heterocycles. The van der Waals surface area contributed by atoms with Crippen molar-refractivity contribution in [1.82, 2.24) is 20.4 Å². The van der Waals surface area contributed by atoms with Crippen LogP contribution in [0, 0.1) is 6.92 Å². The summed E-state index contributed by atoms with van der Waals surface area (Å²) in [5.74, 6) is 1.87. The fourth-order valence-corrected chi connectivity index (χ4v) is 3.72. The number of rotatable bonds is 4. The number of aryl methyl sites for hydroxylation is 1. The lowest BCUT2D eigenvalue weighted by Crippen LogP contribution is -2.47. The van der Waals surface area contributed by atoms with Gasteiger partial charge in [-0.15, -0.1) is 0 Å². The zero-order valence-corrected chi connectivity index (χ0v) is 15.0. The fourth-order valence-electron chi connectivity index (χ4n) is 3.72. The Balaban J connectivity index is 1.52. The Morgan fingerprint density at radius 1 is 1.38 bits per heavy atom. The Kier molecular flexibility index (Phi) is 4.24. The summed E-state index contributed by atoms with van der Waals surface area (Å²) in [7, 11) is 0. The van der Waals surface area contributed by atoms with Crippen molar-refractivity contribution >= 4 is 12.0 Å². The molecule has 26 heavy (non-hydrogen) atoms. The van der Waals surface area contributed by atoms with Crippen LogP contribution in [-0.2, 0) is 10.3 Å². The third kappa shape index (κ3) is 3.22. The molecule has 0 bridgehead atoms. The number of fused-ring (bicyclic) bond motifs is 1. The molecule has 0 saturated carbocycles. The van der Waals surface area contributed by atoms with Gasteiger partial charge in [0, 0.05) is 32.1 Å². The molecule has 1 aromatic carbocycles. The van der Waals surface area contributed by atoms with Crippen LogP contribution >= 0.6 is 0 Å². The standard InChI is InChI=1S/C19H22N4O3/c1-13-20-18(26-22-13)19(21-14(2)24)7-8-23(12-19)10-15-9-16-5-3-4-6-17(16)25-11-15/h3-6,9H,7-8,10-12H2,1-2H3,(H,21,24). The molecule has 0 radical (unpaired) electrons. The maximum absolute atomic E-state index is 11.8. The lowest BCUT2D eigenvalue weighted by atomic mass is 9.98. The largest absolute Gasteiger partial charge is 0.489 e. The summed E-state index contributed by atoms with van der Waals surface area (Å²) in [4.78, 5) is 18.4. The van der Waals surface area contributed by atoms with Crippen LogP contribution in [0.25, 0.3) is 6.08 Å². The third-order valence-electron chi connectivity index (χ3n) is 4.82. The van der Waals surface area contributed by atoms with Crippen molar-refractivity contribution in [2.45, 2.75) is 25.8 Å². The number of para-hydroxylation sites is 1. The Morgan fingerprint density at radius 2 is 2.23 bits per heavy atom. The summed E-state index contributed by atoms with van der Waals surface area (Å²) in [5, 5.41) is 6.93. The smallest absolute Gasteiger partial charge is 0.253 e. The molecule has 1 fully saturated rings. The monoisotopic (exact) mass is 354 g/mol. The van der Waals surface area contributed by atoms with Crippen LogP contribution in [0.5, 0.6) is 5.75 Å². The van der Waals surface area contributed by atoms with Crippen LogP contribution in [0.3, 0.4) is 0 Å². The normalized spacial score (nSPS) is 22.5. The summed E-state index contributed by atoms with van der Waals surface area (Å²) < 4.78 is 11.2. The number of amides is 1. The van der Waals surface area contributed by atoms with Gasteiger partial charge in [-0.05, 0) is 31.1 Å². The van der Waals surface area contributed by atoms with Gasteiger partial charge in [-0.1, -0.05) is 23.4 Å². The van der Waals surface area contributed by atoms with E-state index in [1.807, 2.05) is 18.2 Å².